The highest BCUT2D eigenvalue weighted by Crippen LogP contribution is 2.41. The van der Waals surface area contributed by atoms with Crippen molar-refractivity contribution in [1.82, 2.24) is 0 Å². The Morgan fingerprint density at radius 3 is 2.59 bits per heavy atom. The van der Waals surface area contributed by atoms with Crippen LogP contribution in [0.1, 0.15) is 30.5 Å². The molecule has 116 valence electrons. The van der Waals surface area contributed by atoms with Gasteiger partial charge in [-0.25, -0.2) is 0 Å². The third kappa shape index (κ3) is 2.31. The third-order valence-corrected chi connectivity index (χ3v) is 4.39. The molecule has 1 aliphatic rings. The van der Waals surface area contributed by atoms with E-state index in [0.717, 1.165) is 23.2 Å². The molecule has 2 aromatic rings. The van der Waals surface area contributed by atoms with Gasteiger partial charge in [0.1, 0.15) is 0 Å². The summed E-state index contributed by atoms with van der Waals surface area (Å²) in [5, 5.41) is 11.3. The molecule has 3 heteroatoms. The fraction of sp³-hybridized carbons (Fsp3) is 0.368. The van der Waals surface area contributed by atoms with Crippen LogP contribution in [0.3, 0.4) is 0 Å². The fourth-order valence-corrected chi connectivity index (χ4v) is 3.28. The first-order valence-electron chi connectivity index (χ1n) is 7.87. The maximum absolute atomic E-state index is 11.3. The van der Waals surface area contributed by atoms with E-state index in [9.17, 15) is 5.11 Å². The zero-order valence-corrected chi connectivity index (χ0v) is 13.4. The molecule has 22 heavy (non-hydrogen) atoms. The van der Waals surface area contributed by atoms with Gasteiger partial charge in [-0.1, -0.05) is 55.5 Å². The Kier molecular flexibility index (Phi) is 3.94. The van der Waals surface area contributed by atoms with Crippen molar-refractivity contribution >= 4 is 5.69 Å². The molecule has 1 aliphatic heterocycles. The highest BCUT2D eigenvalue weighted by molar-refractivity contribution is 5.62. The molecule has 3 nitrogen and oxygen atoms in total. The predicted molar refractivity (Wildman–Crippen MR) is 88.8 cm³/mol. The second-order valence-corrected chi connectivity index (χ2v) is 5.94. The van der Waals surface area contributed by atoms with Crippen molar-refractivity contribution in [3.8, 4) is 0 Å². The quantitative estimate of drug-likeness (QED) is 0.940. The first kappa shape index (κ1) is 15.1. The maximum Gasteiger partial charge on any atom is 0.278 e. The van der Waals surface area contributed by atoms with E-state index in [4.69, 9.17) is 4.74 Å². The molecule has 0 saturated carbocycles. The maximum atomic E-state index is 11.3. The molecule has 0 aromatic heterocycles. The number of nitrogens with zero attached hydrogens (tertiary/aromatic N) is 1. The highest BCUT2D eigenvalue weighted by atomic mass is 16.7. The van der Waals surface area contributed by atoms with Gasteiger partial charge in [0, 0.05) is 11.3 Å². The van der Waals surface area contributed by atoms with Crippen LogP contribution in [0, 0.1) is 6.92 Å². The lowest BCUT2D eigenvalue weighted by atomic mass is 10.0. The van der Waals surface area contributed by atoms with Crippen molar-refractivity contribution in [1.29, 1.82) is 0 Å². The van der Waals surface area contributed by atoms with Crippen LogP contribution in [-0.2, 0) is 17.1 Å². The van der Waals surface area contributed by atoms with E-state index in [1.54, 1.807) is 0 Å². The number of para-hydroxylation sites is 1. The van der Waals surface area contributed by atoms with Gasteiger partial charge in [0.2, 0.25) is 0 Å². The number of ether oxygens (including phenoxy) is 1. The van der Waals surface area contributed by atoms with E-state index in [0.29, 0.717) is 6.61 Å². The Labute approximate surface area is 132 Å². The second-order valence-electron chi connectivity index (χ2n) is 5.94. The van der Waals surface area contributed by atoms with Gasteiger partial charge in [-0.05, 0) is 31.4 Å². The van der Waals surface area contributed by atoms with Crippen LogP contribution in [0.2, 0.25) is 0 Å². The molecule has 2 unspecified atom stereocenters. The third-order valence-electron chi connectivity index (χ3n) is 4.39. The number of aryl methyl sites for hydroxylation is 2. The average molecular weight is 297 g/mol. The first-order valence-corrected chi connectivity index (χ1v) is 7.87. The minimum Gasteiger partial charge on any atom is -0.345 e. The first-order chi connectivity index (χ1) is 10.6. The van der Waals surface area contributed by atoms with E-state index in [1.807, 2.05) is 35.2 Å². The van der Waals surface area contributed by atoms with Crippen molar-refractivity contribution in [2.45, 2.75) is 39.1 Å². The standard InChI is InChI=1S/C19H23NO2/c1-4-16-10-8-9-14(2)18(16)20-15(3)13-22-19(20,21)17-11-6-5-7-12-17/h5-12,15,21H,4,13H2,1-3H3. The lowest BCUT2D eigenvalue weighted by Gasteiger charge is -2.38. The summed E-state index contributed by atoms with van der Waals surface area (Å²) in [7, 11) is 0. The zero-order valence-electron chi connectivity index (χ0n) is 13.4. The summed E-state index contributed by atoms with van der Waals surface area (Å²) in [5.74, 6) is -1.41. The Morgan fingerprint density at radius 1 is 1.18 bits per heavy atom. The summed E-state index contributed by atoms with van der Waals surface area (Å²) in [6.45, 7) is 6.82. The molecule has 1 N–H and O–H groups in total. The van der Waals surface area contributed by atoms with Gasteiger partial charge in [0.25, 0.3) is 5.91 Å². The molecule has 0 amide bonds. The molecular weight excluding hydrogens is 274 g/mol. The predicted octanol–water partition coefficient (Wildman–Crippen LogP) is 3.59. The summed E-state index contributed by atoms with van der Waals surface area (Å²) in [4.78, 5) is 2.02. The van der Waals surface area contributed by atoms with E-state index in [1.165, 1.54) is 5.56 Å². The summed E-state index contributed by atoms with van der Waals surface area (Å²) < 4.78 is 5.84. The largest absolute Gasteiger partial charge is 0.345 e. The minimum atomic E-state index is -1.41. The van der Waals surface area contributed by atoms with Crippen LogP contribution in [0.5, 0.6) is 0 Å². The Bertz CT molecular complexity index is 656. The lowest BCUT2D eigenvalue weighted by Crippen LogP contribution is -2.46. The topological polar surface area (TPSA) is 32.7 Å². The highest BCUT2D eigenvalue weighted by Gasteiger charge is 2.47. The van der Waals surface area contributed by atoms with Crippen molar-refractivity contribution in [2.24, 2.45) is 0 Å². The molecule has 1 saturated heterocycles. The van der Waals surface area contributed by atoms with Crippen LogP contribution >= 0.6 is 0 Å². The molecule has 1 heterocycles. The Morgan fingerprint density at radius 2 is 1.91 bits per heavy atom. The average Bonchev–Trinajstić information content (AvgIpc) is 2.84. The number of aliphatic hydroxyl groups is 1. The molecular formula is C19H23NO2. The fourth-order valence-electron chi connectivity index (χ4n) is 3.28. The normalized spacial score (nSPS) is 24.7. The SMILES string of the molecule is CCc1cccc(C)c1N1C(C)COC1(O)c1ccccc1. The van der Waals surface area contributed by atoms with Crippen molar-refractivity contribution in [3.05, 3.63) is 65.2 Å². The summed E-state index contributed by atoms with van der Waals surface area (Å²) in [6, 6.07) is 16.0. The van der Waals surface area contributed by atoms with Gasteiger partial charge >= 0.3 is 0 Å². The molecule has 0 bridgehead atoms. The molecule has 2 aromatic carbocycles. The van der Waals surface area contributed by atoms with E-state index < -0.39 is 5.91 Å². The lowest BCUT2D eigenvalue weighted by molar-refractivity contribution is -0.177. The van der Waals surface area contributed by atoms with Gasteiger partial charge in [0.15, 0.2) is 0 Å². The zero-order chi connectivity index (χ0) is 15.7. The molecule has 0 aliphatic carbocycles. The Balaban J connectivity index is 2.15. The molecule has 0 spiro atoms. The van der Waals surface area contributed by atoms with E-state index in [2.05, 4.69) is 39.0 Å². The second kappa shape index (κ2) is 5.75. The van der Waals surface area contributed by atoms with Crippen LogP contribution in [-0.4, -0.2) is 17.8 Å². The van der Waals surface area contributed by atoms with Crippen LogP contribution in [0.4, 0.5) is 5.69 Å². The monoisotopic (exact) mass is 297 g/mol. The number of rotatable bonds is 3. The number of hydrogen-bond acceptors (Lipinski definition) is 3. The number of benzene rings is 2. The van der Waals surface area contributed by atoms with Crippen molar-refractivity contribution in [2.75, 3.05) is 11.5 Å². The van der Waals surface area contributed by atoms with Gasteiger partial charge < -0.3 is 14.7 Å². The number of anilines is 1. The molecule has 1 fully saturated rings. The van der Waals surface area contributed by atoms with Crippen LogP contribution in [0.25, 0.3) is 0 Å². The smallest absolute Gasteiger partial charge is 0.278 e. The number of hydrogen-bond donors (Lipinski definition) is 1. The van der Waals surface area contributed by atoms with Crippen LogP contribution in [0.15, 0.2) is 48.5 Å². The van der Waals surface area contributed by atoms with Gasteiger partial charge in [-0.2, -0.15) is 0 Å². The molecule has 2 atom stereocenters. The van der Waals surface area contributed by atoms with Crippen molar-refractivity contribution < 1.29 is 9.84 Å². The van der Waals surface area contributed by atoms with Gasteiger partial charge in [0.05, 0.1) is 12.6 Å². The Hall–Kier alpha value is -1.84. The van der Waals surface area contributed by atoms with Gasteiger partial charge in [-0.15, -0.1) is 0 Å². The van der Waals surface area contributed by atoms with E-state index in [-0.39, 0.29) is 6.04 Å². The van der Waals surface area contributed by atoms with Crippen molar-refractivity contribution in [3.63, 3.8) is 0 Å². The minimum absolute atomic E-state index is 0.108. The van der Waals surface area contributed by atoms with Gasteiger partial charge in [-0.3, -0.25) is 0 Å². The summed E-state index contributed by atoms with van der Waals surface area (Å²) in [6.07, 6.45) is 0.922. The van der Waals surface area contributed by atoms with Crippen LogP contribution < -0.4 is 4.90 Å². The van der Waals surface area contributed by atoms with E-state index >= 15 is 0 Å². The molecule has 0 radical (unpaired) electrons. The summed E-state index contributed by atoms with van der Waals surface area (Å²) >= 11 is 0. The summed E-state index contributed by atoms with van der Waals surface area (Å²) in [5.41, 5.74) is 4.24. The molecule has 3 rings (SSSR count).